The molecule has 1 aliphatic heterocycles. The van der Waals surface area contributed by atoms with Crippen molar-refractivity contribution in [3.63, 3.8) is 0 Å². The van der Waals surface area contributed by atoms with Crippen molar-refractivity contribution in [2.24, 2.45) is 5.92 Å². The highest BCUT2D eigenvalue weighted by Gasteiger charge is 2.30. The van der Waals surface area contributed by atoms with Crippen LogP contribution in [0.2, 0.25) is 0 Å². The molecule has 0 unspecified atom stereocenters. The zero-order valence-electron chi connectivity index (χ0n) is 11.5. The van der Waals surface area contributed by atoms with Crippen LogP contribution in [0.1, 0.15) is 24.3 Å². The van der Waals surface area contributed by atoms with Crippen LogP contribution in [0.4, 0.5) is 11.4 Å². The number of amides is 1. The lowest BCUT2D eigenvalue weighted by Gasteiger charge is -2.37. The van der Waals surface area contributed by atoms with Gasteiger partial charge in [-0.1, -0.05) is 26.0 Å². The molecule has 0 saturated heterocycles. The molecule has 2 aromatic rings. The Kier molecular flexibility index (Phi) is 3.14. The molecule has 0 bridgehead atoms. The van der Waals surface area contributed by atoms with Crippen molar-refractivity contribution in [1.82, 2.24) is 15.4 Å². The molecule has 0 aliphatic carbocycles. The lowest BCUT2D eigenvalue weighted by molar-refractivity contribution is 0.0979. The van der Waals surface area contributed by atoms with Gasteiger partial charge in [0.2, 0.25) is 0 Å². The zero-order chi connectivity index (χ0) is 14.1. The monoisotopic (exact) mass is 271 g/mol. The molecule has 2 heterocycles. The van der Waals surface area contributed by atoms with Crippen LogP contribution in [-0.4, -0.2) is 33.9 Å². The van der Waals surface area contributed by atoms with Crippen molar-refractivity contribution in [2.75, 3.05) is 16.8 Å². The number of rotatable bonds is 2. The first-order valence-electron chi connectivity index (χ1n) is 6.70. The molecule has 0 fully saturated rings. The van der Waals surface area contributed by atoms with E-state index in [4.69, 9.17) is 0 Å². The van der Waals surface area contributed by atoms with Crippen molar-refractivity contribution >= 4 is 17.3 Å². The topological polar surface area (TPSA) is 73.9 Å². The van der Waals surface area contributed by atoms with Crippen LogP contribution in [0.25, 0.3) is 0 Å². The fourth-order valence-electron chi connectivity index (χ4n) is 2.38. The largest absolute Gasteiger partial charge is 0.379 e. The summed E-state index contributed by atoms with van der Waals surface area (Å²) in [5.74, 6) is 0.300. The van der Waals surface area contributed by atoms with Crippen LogP contribution in [0.5, 0.6) is 0 Å². The molecule has 1 aliphatic rings. The number of fused-ring (bicyclic) bond motifs is 1. The SMILES string of the molecule is CC(C)[C@@H]1CN(C(=O)c2cn[nH]n2)c2ccccc2N1. The van der Waals surface area contributed by atoms with Crippen molar-refractivity contribution in [1.29, 1.82) is 0 Å². The predicted molar refractivity (Wildman–Crippen MR) is 76.7 cm³/mol. The van der Waals surface area contributed by atoms with Crippen molar-refractivity contribution in [2.45, 2.75) is 19.9 Å². The molecule has 1 aromatic heterocycles. The van der Waals surface area contributed by atoms with Crippen LogP contribution < -0.4 is 10.2 Å². The maximum atomic E-state index is 12.6. The van der Waals surface area contributed by atoms with Crippen LogP contribution >= 0.6 is 0 Å². The number of H-pyrrole nitrogens is 1. The Morgan fingerprint density at radius 3 is 2.90 bits per heavy atom. The summed E-state index contributed by atoms with van der Waals surface area (Å²) in [5, 5.41) is 13.6. The summed E-state index contributed by atoms with van der Waals surface area (Å²) in [6.07, 6.45) is 1.46. The number of nitrogens with zero attached hydrogens (tertiary/aromatic N) is 3. The molecule has 1 atom stereocenters. The number of carbonyl (C=O) groups excluding carboxylic acids is 1. The number of hydrogen-bond acceptors (Lipinski definition) is 4. The first kappa shape index (κ1) is 12.7. The highest BCUT2D eigenvalue weighted by molar-refractivity contribution is 6.07. The fourth-order valence-corrected chi connectivity index (χ4v) is 2.38. The molecular weight excluding hydrogens is 254 g/mol. The summed E-state index contributed by atoms with van der Waals surface area (Å²) in [7, 11) is 0. The van der Waals surface area contributed by atoms with Crippen LogP contribution in [0.15, 0.2) is 30.5 Å². The standard InChI is InChI=1S/C14H17N5O/c1-9(2)12-8-19(14(20)11-7-15-18-17-11)13-6-4-3-5-10(13)16-12/h3-7,9,12,16H,8H2,1-2H3,(H,15,17,18)/t12-/m0/s1. The number of para-hydroxylation sites is 2. The van der Waals surface area contributed by atoms with E-state index in [0.29, 0.717) is 18.2 Å². The van der Waals surface area contributed by atoms with E-state index in [1.807, 2.05) is 24.3 Å². The van der Waals surface area contributed by atoms with Gasteiger partial charge in [-0.25, -0.2) is 0 Å². The van der Waals surface area contributed by atoms with Gasteiger partial charge in [-0.2, -0.15) is 15.4 Å². The Labute approximate surface area is 117 Å². The normalized spacial score (nSPS) is 17.8. The summed E-state index contributed by atoms with van der Waals surface area (Å²) < 4.78 is 0. The molecule has 1 amide bonds. The minimum atomic E-state index is -0.127. The lowest BCUT2D eigenvalue weighted by atomic mass is 9.99. The van der Waals surface area contributed by atoms with Gasteiger partial charge in [0.05, 0.1) is 17.6 Å². The highest BCUT2D eigenvalue weighted by atomic mass is 16.2. The molecule has 1 aromatic carbocycles. The Bertz CT molecular complexity index is 608. The summed E-state index contributed by atoms with van der Waals surface area (Å²) in [6, 6.07) is 8.05. The summed E-state index contributed by atoms with van der Waals surface area (Å²) >= 11 is 0. The molecule has 6 heteroatoms. The van der Waals surface area contributed by atoms with Gasteiger partial charge in [0.15, 0.2) is 5.69 Å². The molecule has 3 rings (SSSR count). The van der Waals surface area contributed by atoms with Gasteiger partial charge in [-0.3, -0.25) is 4.79 Å². The maximum absolute atomic E-state index is 12.6. The third-order valence-electron chi connectivity index (χ3n) is 3.60. The fraction of sp³-hybridized carbons (Fsp3) is 0.357. The Morgan fingerprint density at radius 2 is 2.20 bits per heavy atom. The van der Waals surface area contributed by atoms with E-state index in [1.54, 1.807) is 4.90 Å². The molecule has 104 valence electrons. The number of nitrogens with one attached hydrogen (secondary N) is 2. The molecule has 0 saturated carbocycles. The van der Waals surface area contributed by atoms with Crippen molar-refractivity contribution in [3.8, 4) is 0 Å². The van der Waals surface area contributed by atoms with E-state index in [2.05, 4.69) is 34.6 Å². The second-order valence-corrected chi connectivity index (χ2v) is 5.28. The van der Waals surface area contributed by atoms with Gasteiger partial charge in [0.25, 0.3) is 5.91 Å². The van der Waals surface area contributed by atoms with Gasteiger partial charge >= 0.3 is 0 Å². The van der Waals surface area contributed by atoms with Crippen molar-refractivity contribution < 1.29 is 4.79 Å². The van der Waals surface area contributed by atoms with Gasteiger partial charge < -0.3 is 10.2 Å². The van der Waals surface area contributed by atoms with Gasteiger partial charge in [-0.15, -0.1) is 0 Å². The summed E-state index contributed by atoms with van der Waals surface area (Å²) in [4.78, 5) is 14.3. The van der Waals surface area contributed by atoms with E-state index in [0.717, 1.165) is 11.4 Å². The smallest absolute Gasteiger partial charge is 0.280 e. The summed E-state index contributed by atoms with van der Waals surface area (Å²) in [5.41, 5.74) is 2.20. The minimum absolute atomic E-state index is 0.127. The number of anilines is 2. The van der Waals surface area contributed by atoms with Crippen molar-refractivity contribution in [3.05, 3.63) is 36.2 Å². The number of hydrogen-bond donors (Lipinski definition) is 2. The number of carbonyl (C=O) groups is 1. The highest BCUT2D eigenvalue weighted by Crippen LogP contribution is 2.32. The number of aromatic amines is 1. The van der Waals surface area contributed by atoms with Crippen LogP contribution in [0.3, 0.4) is 0 Å². The van der Waals surface area contributed by atoms with E-state index in [-0.39, 0.29) is 11.9 Å². The number of aromatic nitrogens is 3. The van der Waals surface area contributed by atoms with E-state index in [9.17, 15) is 4.79 Å². The van der Waals surface area contributed by atoms with Gasteiger partial charge in [-0.05, 0) is 18.1 Å². The molecule has 6 nitrogen and oxygen atoms in total. The van der Waals surface area contributed by atoms with E-state index in [1.165, 1.54) is 6.20 Å². The summed E-state index contributed by atoms with van der Waals surface area (Å²) in [6.45, 7) is 4.91. The molecule has 0 spiro atoms. The van der Waals surface area contributed by atoms with E-state index < -0.39 is 0 Å². The Morgan fingerprint density at radius 1 is 1.40 bits per heavy atom. The third-order valence-corrected chi connectivity index (χ3v) is 3.60. The second-order valence-electron chi connectivity index (χ2n) is 5.28. The maximum Gasteiger partial charge on any atom is 0.280 e. The Balaban J connectivity index is 1.99. The first-order valence-corrected chi connectivity index (χ1v) is 6.70. The number of benzene rings is 1. The second kappa shape index (κ2) is 4.96. The van der Waals surface area contributed by atoms with E-state index >= 15 is 0 Å². The molecular formula is C14H17N5O. The average molecular weight is 271 g/mol. The lowest BCUT2D eigenvalue weighted by Crippen LogP contribution is -2.47. The van der Waals surface area contributed by atoms with Gasteiger partial charge in [0, 0.05) is 12.6 Å². The Hall–Kier alpha value is -2.37. The molecule has 20 heavy (non-hydrogen) atoms. The predicted octanol–water partition coefficient (Wildman–Crippen LogP) is 1.90. The molecule has 2 N–H and O–H groups in total. The van der Waals surface area contributed by atoms with Crippen LogP contribution in [-0.2, 0) is 0 Å². The van der Waals surface area contributed by atoms with Crippen LogP contribution in [0, 0.1) is 5.92 Å². The first-order chi connectivity index (χ1) is 9.66. The third kappa shape index (κ3) is 2.13. The van der Waals surface area contributed by atoms with Gasteiger partial charge in [0.1, 0.15) is 0 Å². The minimum Gasteiger partial charge on any atom is -0.379 e. The zero-order valence-corrected chi connectivity index (χ0v) is 11.5. The average Bonchev–Trinajstić information content (AvgIpc) is 2.99. The quantitative estimate of drug-likeness (QED) is 0.875. The molecule has 0 radical (unpaired) electrons.